The number of thiazole rings is 1. The first-order valence-corrected chi connectivity index (χ1v) is 5.47. The summed E-state index contributed by atoms with van der Waals surface area (Å²) in [5.41, 5.74) is 0.612. The standard InChI is InChI=1S/C10H9N3O2S/c1-15-9-3-2-7(12-13-9)6-8(14)10-11-4-5-16-10/h2-5H,6H2,1H3. The highest BCUT2D eigenvalue weighted by molar-refractivity contribution is 7.11. The van der Waals surface area contributed by atoms with E-state index in [-0.39, 0.29) is 12.2 Å². The van der Waals surface area contributed by atoms with Crippen molar-refractivity contribution in [3.8, 4) is 5.88 Å². The molecule has 0 unspecified atom stereocenters. The average molecular weight is 235 g/mol. The molecule has 5 nitrogen and oxygen atoms in total. The van der Waals surface area contributed by atoms with E-state index >= 15 is 0 Å². The number of Topliss-reactive ketones (excluding diaryl/α,β-unsaturated/α-hetero) is 1. The molecule has 0 saturated heterocycles. The highest BCUT2D eigenvalue weighted by Crippen LogP contribution is 2.09. The van der Waals surface area contributed by atoms with Gasteiger partial charge in [-0.15, -0.1) is 16.4 Å². The lowest BCUT2D eigenvalue weighted by molar-refractivity contribution is 0.0991. The van der Waals surface area contributed by atoms with Gasteiger partial charge in [-0.3, -0.25) is 4.79 Å². The number of hydrogen-bond donors (Lipinski definition) is 0. The number of hydrogen-bond acceptors (Lipinski definition) is 6. The van der Waals surface area contributed by atoms with Crippen LogP contribution in [0.2, 0.25) is 0 Å². The van der Waals surface area contributed by atoms with Gasteiger partial charge in [0, 0.05) is 17.6 Å². The summed E-state index contributed by atoms with van der Waals surface area (Å²) in [6.45, 7) is 0. The van der Waals surface area contributed by atoms with Crippen LogP contribution in [0.3, 0.4) is 0 Å². The SMILES string of the molecule is COc1ccc(CC(=O)c2nccs2)nn1. The van der Waals surface area contributed by atoms with E-state index in [0.29, 0.717) is 16.6 Å². The van der Waals surface area contributed by atoms with E-state index in [1.807, 2.05) is 0 Å². The second kappa shape index (κ2) is 4.80. The topological polar surface area (TPSA) is 65.0 Å². The van der Waals surface area contributed by atoms with Gasteiger partial charge in [0.15, 0.2) is 10.8 Å². The Balaban J connectivity index is 2.06. The molecule has 0 radical (unpaired) electrons. The number of methoxy groups -OCH3 is 1. The second-order valence-corrected chi connectivity index (χ2v) is 3.90. The molecule has 2 aromatic heterocycles. The van der Waals surface area contributed by atoms with Crippen LogP contribution in [0.4, 0.5) is 0 Å². The Kier molecular flexibility index (Phi) is 3.21. The minimum Gasteiger partial charge on any atom is -0.480 e. The molecule has 2 heterocycles. The van der Waals surface area contributed by atoms with Crippen LogP contribution < -0.4 is 4.74 Å². The van der Waals surface area contributed by atoms with Crippen molar-refractivity contribution < 1.29 is 9.53 Å². The zero-order valence-corrected chi connectivity index (χ0v) is 9.40. The summed E-state index contributed by atoms with van der Waals surface area (Å²) in [5, 5.41) is 9.94. The van der Waals surface area contributed by atoms with Crippen molar-refractivity contribution in [1.29, 1.82) is 0 Å². The van der Waals surface area contributed by atoms with Crippen LogP contribution in [0.15, 0.2) is 23.7 Å². The van der Waals surface area contributed by atoms with Gasteiger partial charge in [0.25, 0.3) is 0 Å². The van der Waals surface area contributed by atoms with Gasteiger partial charge in [-0.1, -0.05) is 0 Å². The predicted molar refractivity (Wildman–Crippen MR) is 58.7 cm³/mol. The van der Waals surface area contributed by atoms with Crippen LogP contribution in [-0.4, -0.2) is 28.1 Å². The molecule has 16 heavy (non-hydrogen) atoms. The van der Waals surface area contributed by atoms with Crippen molar-refractivity contribution in [2.45, 2.75) is 6.42 Å². The molecule has 0 saturated carbocycles. The van der Waals surface area contributed by atoms with Crippen molar-refractivity contribution in [2.75, 3.05) is 7.11 Å². The Morgan fingerprint density at radius 1 is 1.44 bits per heavy atom. The Morgan fingerprint density at radius 3 is 2.88 bits per heavy atom. The van der Waals surface area contributed by atoms with E-state index in [4.69, 9.17) is 4.74 Å². The molecule has 0 amide bonds. The van der Waals surface area contributed by atoms with Gasteiger partial charge < -0.3 is 4.74 Å². The first-order valence-electron chi connectivity index (χ1n) is 4.59. The number of carbonyl (C=O) groups excluding carboxylic acids is 1. The maximum atomic E-state index is 11.7. The van der Waals surface area contributed by atoms with E-state index in [0.717, 1.165) is 0 Å². The maximum absolute atomic E-state index is 11.7. The fourth-order valence-electron chi connectivity index (χ4n) is 1.15. The fraction of sp³-hybridized carbons (Fsp3) is 0.200. The fourth-order valence-corrected chi connectivity index (χ4v) is 1.73. The third-order valence-electron chi connectivity index (χ3n) is 1.92. The van der Waals surface area contributed by atoms with Crippen molar-refractivity contribution in [1.82, 2.24) is 15.2 Å². The summed E-state index contributed by atoms with van der Waals surface area (Å²) in [7, 11) is 1.52. The molecule has 0 aliphatic rings. The van der Waals surface area contributed by atoms with Gasteiger partial charge in [-0.05, 0) is 6.07 Å². The summed E-state index contributed by atoms with van der Waals surface area (Å²) in [5.74, 6) is 0.389. The average Bonchev–Trinajstić information content (AvgIpc) is 2.83. The van der Waals surface area contributed by atoms with Gasteiger partial charge in [0.2, 0.25) is 5.88 Å². The van der Waals surface area contributed by atoms with Gasteiger partial charge in [0.1, 0.15) is 0 Å². The Morgan fingerprint density at radius 2 is 2.31 bits per heavy atom. The van der Waals surface area contributed by atoms with Crippen LogP contribution in [0.1, 0.15) is 15.5 Å². The number of nitrogens with zero attached hydrogens (tertiary/aromatic N) is 3. The van der Waals surface area contributed by atoms with E-state index in [2.05, 4.69) is 15.2 Å². The Hall–Kier alpha value is -1.82. The van der Waals surface area contributed by atoms with Crippen LogP contribution in [0, 0.1) is 0 Å². The molecule has 0 aliphatic carbocycles. The summed E-state index contributed by atoms with van der Waals surface area (Å²) in [4.78, 5) is 15.6. The van der Waals surface area contributed by atoms with Crippen molar-refractivity contribution in [3.63, 3.8) is 0 Å². The van der Waals surface area contributed by atoms with E-state index < -0.39 is 0 Å². The molecular formula is C10H9N3O2S. The summed E-state index contributed by atoms with van der Waals surface area (Å²) >= 11 is 1.32. The number of ketones is 1. The second-order valence-electron chi connectivity index (χ2n) is 3.00. The molecule has 2 rings (SSSR count). The molecule has 82 valence electrons. The van der Waals surface area contributed by atoms with E-state index in [1.54, 1.807) is 23.7 Å². The monoisotopic (exact) mass is 235 g/mol. The smallest absolute Gasteiger partial charge is 0.233 e. The van der Waals surface area contributed by atoms with E-state index in [9.17, 15) is 4.79 Å². The van der Waals surface area contributed by atoms with Gasteiger partial charge in [-0.2, -0.15) is 5.10 Å². The van der Waals surface area contributed by atoms with Crippen molar-refractivity contribution >= 4 is 17.1 Å². The molecule has 0 aliphatic heterocycles. The van der Waals surface area contributed by atoms with Crippen LogP contribution in [-0.2, 0) is 6.42 Å². The molecule has 2 aromatic rings. The lowest BCUT2D eigenvalue weighted by atomic mass is 10.2. The molecule has 0 spiro atoms. The number of carbonyl (C=O) groups is 1. The van der Waals surface area contributed by atoms with Crippen molar-refractivity contribution in [3.05, 3.63) is 34.4 Å². The van der Waals surface area contributed by atoms with Crippen molar-refractivity contribution in [2.24, 2.45) is 0 Å². The summed E-state index contributed by atoms with van der Waals surface area (Å²) < 4.78 is 4.88. The normalized spacial score (nSPS) is 10.1. The zero-order chi connectivity index (χ0) is 11.4. The number of ether oxygens (including phenoxy) is 1. The quantitative estimate of drug-likeness (QED) is 0.749. The number of rotatable bonds is 4. The molecule has 0 aromatic carbocycles. The van der Waals surface area contributed by atoms with Crippen LogP contribution in [0.25, 0.3) is 0 Å². The van der Waals surface area contributed by atoms with E-state index in [1.165, 1.54) is 18.4 Å². The lowest BCUT2D eigenvalue weighted by Crippen LogP contribution is -2.05. The Labute approximate surface area is 96.1 Å². The highest BCUT2D eigenvalue weighted by Gasteiger charge is 2.10. The molecule has 0 atom stereocenters. The van der Waals surface area contributed by atoms with Gasteiger partial charge >= 0.3 is 0 Å². The predicted octanol–water partition coefficient (Wildman–Crippen LogP) is 1.37. The van der Waals surface area contributed by atoms with Crippen LogP contribution in [0.5, 0.6) is 5.88 Å². The maximum Gasteiger partial charge on any atom is 0.233 e. The van der Waals surface area contributed by atoms with Gasteiger partial charge in [-0.25, -0.2) is 4.98 Å². The largest absolute Gasteiger partial charge is 0.480 e. The minimum absolute atomic E-state index is 0.0468. The molecule has 0 fully saturated rings. The molecular weight excluding hydrogens is 226 g/mol. The molecule has 6 heteroatoms. The van der Waals surface area contributed by atoms with Crippen LogP contribution >= 0.6 is 11.3 Å². The molecule has 0 N–H and O–H groups in total. The lowest BCUT2D eigenvalue weighted by Gasteiger charge is -1.99. The minimum atomic E-state index is -0.0468. The first-order chi connectivity index (χ1) is 7.79. The third kappa shape index (κ3) is 2.40. The highest BCUT2D eigenvalue weighted by atomic mass is 32.1. The Bertz CT molecular complexity index is 467. The first kappa shape index (κ1) is 10.7. The zero-order valence-electron chi connectivity index (χ0n) is 8.58. The summed E-state index contributed by atoms with van der Waals surface area (Å²) in [6.07, 6.45) is 1.82. The molecule has 0 bridgehead atoms. The number of aromatic nitrogens is 3. The summed E-state index contributed by atoms with van der Waals surface area (Å²) in [6, 6.07) is 3.40. The van der Waals surface area contributed by atoms with Gasteiger partial charge in [0.05, 0.1) is 19.2 Å². The third-order valence-corrected chi connectivity index (χ3v) is 2.73.